The second-order valence-electron chi connectivity index (χ2n) is 5.44. The molecular formula is C14H25N3O2. The summed E-state index contributed by atoms with van der Waals surface area (Å²) in [7, 11) is 3.71. The van der Waals surface area contributed by atoms with E-state index in [1.54, 1.807) is 7.11 Å². The van der Waals surface area contributed by atoms with Crippen LogP contribution in [0, 0.1) is 5.41 Å². The molecule has 5 heteroatoms. The minimum absolute atomic E-state index is 0.278. The third-order valence-corrected chi connectivity index (χ3v) is 3.86. The van der Waals surface area contributed by atoms with E-state index in [1.807, 2.05) is 17.9 Å². The molecule has 1 aromatic heterocycles. The Morgan fingerprint density at radius 2 is 2.26 bits per heavy atom. The normalized spacial score (nSPS) is 18.6. The van der Waals surface area contributed by atoms with Crippen LogP contribution in [0.5, 0.6) is 0 Å². The predicted molar refractivity (Wildman–Crippen MR) is 74.1 cm³/mol. The zero-order valence-electron chi connectivity index (χ0n) is 12.0. The molecule has 1 N–H and O–H groups in total. The van der Waals surface area contributed by atoms with Gasteiger partial charge in [0.25, 0.3) is 0 Å². The summed E-state index contributed by atoms with van der Waals surface area (Å²) in [6.45, 7) is 4.39. The quantitative estimate of drug-likeness (QED) is 0.749. The van der Waals surface area contributed by atoms with Crippen LogP contribution in [0.2, 0.25) is 0 Å². The Hall–Kier alpha value is -0.910. The highest BCUT2D eigenvalue weighted by atomic mass is 16.5. The van der Waals surface area contributed by atoms with E-state index in [4.69, 9.17) is 9.47 Å². The molecule has 19 heavy (non-hydrogen) atoms. The molecule has 0 radical (unpaired) electrons. The molecule has 0 bridgehead atoms. The van der Waals surface area contributed by atoms with Gasteiger partial charge in [-0.2, -0.15) is 5.10 Å². The van der Waals surface area contributed by atoms with E-state index in [9.17, 15) is 0 Å². The van der Waals surface area contributed by atoms with E-state index in [0.29, 0.717) is 0 Å². The first-order valence-corrected chi connectivity index (χ1v) is 7.00. The fraction of sp³-hybridized carbons (Fsp3) is 0.786. The number of rotatable bonds is 7. The first-order chi connectivity index (χ1) is 9.24. The molecule has 0 unspecified atom stereocenters. The lowest BCUT2D eigenvalue weighted by Gasteiger charge is -2.37. The van der Waals surface area contributed by atoms with Crippen molar-refractivity contribution in [1.29, 1.82) is 0 Å². The SMILES string of the molecule is COCCNCC1(Cc2ccn(C)n2)CCOCC1. The lowest BCUT2D eigenvalue weighted by Crippen LogP contribution is -2.41. The highest BCUT2D eigenvalue weighted by Crippen LogP contribution is 2.33. The Labute approximate surface area is 115 Å². The van der Waals surface area contributed by atoms with Crippen molar-refractivity contribution < 1.29 is 9.47 Å². The van der Waals surface area contributed by atoms with E-state index in [1.165, 1.54) is 5.69 Å². The summed E-state index contributed by atoms with van der Waals surface area (Å²) in [5.74, 6) is 0. The van der Waals surface area contributed by atoms with Crippen LogP contribution in [0.1, 0.15) is 18.5 Å². The summed E-state index contributed by atoms with van der Waals surface area (Å²) in [4.78, 5) is 0. The van der Waals surface area contributed by atoms with Gasteiger partial charge < -0.3 is 14.8 Å². The number of hydrogen-bond donors (Lipinski definition) is 1. The van der Waals surface area contributed by atoms with Crippen LogP contribution in [-0.2, 0) is 22.9 Å². The molecule has 1 aliphatic heterocycles. The number of aryl methyl sites for hydroxylation is 1. The molecule has 0 aliphatic carbocycles. The molecule has 2 heterocycles. The van der Waals surface area contributed by atoms with Crippen LogP contribution in [0.25, 0.3) is 0 Å². The molecule has 0 aromatic carbocycles. The molecule has 0 saturated carbocycles. The summed E-state index contributed by atoms with van der Waals surface area (Å²) >= 11 is 0. The van der Waals surface area contributed by atoms with Gasteiger partial charge in [-0.3, -0.25) is 4.68 Å². The maximum atomic E-state index is 5.52. The van der Waals surface area contributed by atoms with Crippen molar-refractivity contribution in [3.63, 3.8) is 0 Å². The van der Waals surface area contributed by atoms with Crippen LogP contribution in [0.4, 0.5) is 0 Å². The van der Waals surface area contributed by atoms with E-state index >= 15 is 0 Å². The van der Waals surface area contributed by atoms with Crippen LogP contribution in [0.3, 0.4) is 0 Å². The Morgan fingerprint density at radius 1 is 1.47 bits per heavy atom. The average molecular weight is 267 g/mol. The third kappa shape index (κ3) is 4.30. The van der Waals surface area contributed by atoms with Gasteiger partial charge in [0.05, 0.1) is 12.3 Å². The smallest absolute Gasteiger partial charge is 0.0630 e. The van der Waals surface area contributed by atoms with Crippen molar-refractivity contribution in [2.24, 2.45) is 12.5 Å². The number of nitrogens with one attached hydrogen (secondary N) is 1. The molecule has 108 valence electrons. The first kappa shape index (κ1) is 14.5. The number of ether oxygens (including phenoxy) is 2. The molecule has 1 aliphatic rings. The fourth-order valence-electron chi connectivity index (χ4n) is 2.69. The van der Waals surface area contributed by atoms with E-state index in [-0.39, 0.29) is 5.41 Å². The topological polar surface area (TPSA) is 48.3 Å². The van der Waals surface area contributed by atoms with Crippen molar-refractivity contribution in [2.75, 3.05) is 40.0 Å². The molecular weight excluding hydrogens is 242 g/mol. The van der Waals surface area contributed by atoms with Crippen molar-refractivity contribution in [3.8, 4) is 0 Å². The average Bonchev–Trinajstić information content (AvgIpc) is 2.81. The van der Waals surface area contributed by atoms with E-state index < -0.39 is 0 Å². The largest absolute Gasteiger partial charge is 0.383 e. The van der Waals surface area contributed by atoms with Crippen LogP contribution < -0.4 is 5.32 Å². The number of methoxy groups -OCH3 is 1. The summed E-state index contributed by atoms with van der Waals surface area (Å²) in [5.41, 5.74) is 1.46. The zero-order chi connectivity index (χ0) is 13.6. The van der Waals surface area contributed by atoms with Crippen molar-refractivity contribution >= 4 is 0 Å². The van der Waals surface area contributed by atoms with Gasteiger partial charge in [-0.1, -0.05) is 0 Å². The minimum atomic E-state index is 0.278. The maximum absolute atomic E-state index is 5.52. The predicted octanol–water partition coefficient (Wildman–Crippen LogP) is 0.995. The lowest BCUT2D eigenvalue weighted by molar-refractivity contribution is 0.0138. The Balaban J connectivity index is 1.93. The highest BCUT2D eigenvalue weighted by molar-refractivity contribution is 5.04. The van der Waals surface area contributed by atoms with Gasteiger partial charge in [0.2, 0.25) is 0 Å². The Morgan fingerprint density at radius 3 is 2.89 bits per heavy atom. The van der Waals surface area contributed by atoms with Crippen molar-refractivity contribution in [2.45, 2.75) is 19.3 Å². The highest BCUT2D eigenvalue weighted by Gasteiger charge is 2.33. The molecule has 0 atom stereocenters. The van der Waals surface area contributed by atoms with Crippen LogP contribution in [0.15, 0.2) is 12.3 Å². The Bertz CT molecular complexity index is 373. The molecule has 1 aromatic rings. The summed E-state index contributed by atoms with van der Waals surface area (Å²) in [6.07, 6.45) is 5.24. The third-order valence-electron chi connectivity index (χ3n) is 3.86. The van der Waals surface area contributed by atoms with Gasteiger partial charge in [-0.25, -0.2) is 0 Å². The van der Waals surface area contributed by atoms with Gasteiger partial charge in [0.15, 0.2) is 0 Å². The number of nitrogens with zero attached hydrogens (tertiary/aromatic N) is 2. The van der Waals surface area contributed by atoms with Gasteiger partial charge in [0, 0.05) is 46.7 Å². The number of aromatic nitrogens is 2. The maximum Gasteiger partial charge on any atom is 0.0630 e. The molecule has 5 nitrogen and oxygen atoms in total. The van der Waals surface area contributed by atoms with Gasteiger partial charge >= 0.3 is 0 Å². The molecule has 2 rings (SSSR count). The standard InChI is InChI=1S/C14H25N3O2/c1-17-7-3-13(16-17)11-14(4-8-19-9-5-14)12-15-6-10-18-2/h3,7,15H,4-6,8-12H2,1-2H3. The first-order valence-electron chi connectivity index (χ1n) is 7.00. The van der Waals surface area contributed by atoms with Crippen LogP contribution in [-0.4, -0.2) is 49.8 Å². The summed E-state index contributed by atoms with van der Waals surface area (Å²) < 4.78 is 12.5. The van der Waals surface area contributed by atoms with Gasteiger partial charge in [-0.05, 0) is 30.7 Å². The van der Waals surface area contributed by atoms with Crippen LogP contribution >= 0.6 is 0 Å². The lowest BCUT2D eigenvalue weighted by atomic mass is 9.76. The zero-order valence-corrected chi connectivity index (χ0v) is 12.0. The van der Waals surface area contributed by atoms with E-state index in [0.717, 1.165) is 52.2 Å². The summed E-state index contributed by atoms with van der Waals surface area (Å²) in [6, 6.07) is 2.12. The Kier molecular flexibility index (Phi) is 5.36. The molecule has 0 spiro atoms. The van der Waals surface area contributed by atoms with E-state index in [2.05, 4.69) is 16.5 Å². The summed E-state index contributed by atoms with van der Waals surface area (Å²) in [5, 5.41) is 8.03. The van der Waals surface area contributed by atoms with Gasteiger partial charge in [-0.15, -0.1) is 0 Å². The minimum Gasteiger partial charge on any atom is -0.383 e. The molecule has 0 amide bonds. The second-order valence-corrected chi connectivity index (χ2v) is 5.44. The molecule has 1 saturated heterocycles. The van der Waals surface area contributed by atoms with Crippen molar-refractivity contribution in [1.82, 2.24) is 15.1 Å². The monoisotopic (exact) mass is 267 g/mol. The van der Waals surface area contributed by atoms with Crippen molar-refractivity contribution in [3.05, 3.63) is 18.0 Å². The fourth-order valence-corrected chi connectivity index (χ4v) is 2.69. The molecule has 1 fully saturated rings. The second kappa shape index (κ2) is 7.03. The van der Waals surface area contributed by atoms with Gasteiger partial charge in [0.1, 0.15) is 0 Å². The number of hydrogen-bond acceptors (Lipinski definition) is 4.